The van der Waals surface area contributed by atoms with E-state index in [1.165, 1.54) is 16.0 Å². The Bertz CT molecular complexity index is 581. The number of aryl methyl sites for hydroxylation is 1. The number of nitrogens with one attached hydrogen (secondary N) is 1. The first-order chi connectivity index (χ1) is 9.24. The van der Waals surface area contributed by atoms with Crippen molar-refractivity contribution in [1.29, 1.82) is 0 Å². The number of hydrogen-bond acceptors (Lipinski definition) is 3. The van der Waals surface area contributed by atoms with Crippen LogP contribution >= 0.6 is 23.4 Å². The SMILES string of the molecule is Cc1ccoc1CNC1CCSc2ccc(Cl)cc21. The molecule has 1 aromatic carbocycles. The van der Waals surface area contributed by atoms with Crippen molar-refractivity contribution < 1.29 is 4.42 Å². The Morgan fingerprint density at radius 1 is 1.42 bits per heavy atom. The Kier molecular flexibility index (Phi) is 3.87. The van der Waals surface area contributed by atoms with Gasteiger partial charge in [-0.25, -0.2) is 0 Å². The van der Waals surface area contributed by atoms with Gasteiger partial charge in [0.05, 0.1) is 12.8 Å². The van der Waals surface area contributed by atoms with Crippen molar-refractivity contribution in [2.24, 2.45) is 0 Å². The van der Waals surface area contributed by atoms with Crippen molar-refractivity contribution in [3.8, 4) is 0 Å². The summed E-state index contributed by atoms with van der Waals surface area (Å²) in [5, 5.41) is 4.39. The van der Waals surface area contributed by atoms with Crippen molar-refractivity contribution in [2.75, 3.05) is 5.75 Å². The average Bonchev–Trinajstić information content (AvgIpc) is 2.82. The van der Waals surface area contributed by atoms with E-state index in [0.717, 1.165) is 29.5 Å². The van der Waals surface area contributed by atoms with Crippen LogP contribution in [0.1, 0.15) is 29.3 Å². The fourth-order valence-corrected chi connectivity index (χ4v) is 3.66. The molecule has 0 aliphatic carbocycles. The van der Waals surface area contributed by atoms with Crippen LogP contribution in [-0.2, 0) is 6.54 Å². The third-order valence-corrected chi connectivity index (χ3v) is 4.85. The third kappa shape index (κ3) is 2.83. The number of furan rings is 1. The normalized spacial score (nSPS) is 18.3. The van der Waals surface area contributed by atoms with E-state index in [0.29, 0.717) is 6.04 Å². The van der Waals surface area contributed by atoms with Crippen LogP contribution in [0.25, 0.3) is 0 Å². The van der Waals surface area contributed by atoms with E-state index in [2.05, 4.69) is 24.4 Å². The zero-order chi connectivity index (χ0) is 13.2. The molecule has 1 aromatic heterocycles. The summed E-state index contributed by atoms with van der Waals surface area (Å²) in [6.45, 7) is 2.84. The van der Waals surface area contributed by atoms with Crippen LogP contribution in [-0.4, -0.2) is 5.75 Å². The van der Waals surface area contributed by atoms with Gasteiger partial charge < -0.3 is 9.73 Å². The van der Waals surface area contributed by atoms with E-state index >= 15 is 0 Å². The summed E-state index contributed by atoms with van der Waals surface area (Å²) in [5.74, 6) is 2.16. The van der Waals surface area contributed by atoms with E-state index in [4.69, 9.17) is 16.0 Å². The number of halogens is 1. The van der Waals surface area contributed by atoms with Crippen LogP contribution in [0.4, 0.5) is 0 Å². The zero-order valence-electron chi connectivity index (χ0n) is 10.8. The monoisotopic (exact) mass is 293 g/mol. The Hall–Kier alpha value is -0.900. The molecule has 2 heterocycles. The number of rotatable bonds is 3. The molecule has 1 unspecified atom stereocenters. The van der Waals surface area contributed by atoms with Gasteiger partial charge in [-0.3, -0.25) is 0 Å². The van der Waals surface area contributed by atoms with Gasteiger partial charge in [-0.2, -0.15) is 0 Å². The molecule has 1 aliphatic heterocycles. The Labute approximate surface area is 122 Å². The number of hydrogen-bond donors (Lipinski definition) is 1. The Balaban J connectivity index is 1.76. The summed E-state index contributed by atoms with van der Waals surface area (Å²) >= 11 is 8.02. The second kappa shape index (κ2) is 5.61. The van der Waals surface area contributed by atoms with Crippen LogP contribution < -0.4 is 5.32 Å². The molecule has 19 heavy (non-hydrogen) atoms. The van der Waals surface area contributed by atoms with E-state index in [9.17, 15) is 0 Å². The molecule has 1 aliphatic rings. The minimum atomic E-state index is 0.361. The predicted molar refractivity (Wildman–Crippen MR) is 79.8 cm³/mol. The Morgan fingerprint density at radius 3 is 3.11 bits per heavy atom. The van der Waals surface area contributed by atoms with Gasteiger partial charge in [0, 0.05) is 16.0 Å². The summed E-state index contributed by atoms with van der Waals surface area (Å²) < 4.78 is 5.47. The maximum absolute atomic E-state index is 6.11. The van der Waals surface area contributed by atoms with Gasteiger partial charge in [0.15, 0.2) is 0 Å². The molecule has 0 radical (unpaired) electrons. The molecule has 3 rings (SSSR count). The zero-order valence-corrected chi connectivity index (χ0v) is 12.4. The lowest BCUT2D eigenvalue weighted by atomic mass is 10.0. The molecule has 2 nitrogen and oxygen atoms in total. The second-order valence-electron chi connectivity index (χ2n) is 4.78. The fraction of sp³-hybridized carbons (Fsp3) is 0.333. The lowest BCUT2D eigenvalue weighted by Crippen LogP contribution is -2.24. The van der Waals surface area contributed by atoms with Crippen molar-refractivity contribution in [3.63, 3.8) is 0 Å². The standard InChI is InChI=1S/C15H16ClNOS/c1-10-4-6-18-14(10)9-17-13-5-7-19-15-3-2-11(16)8-12(13)15/h2-4,6,8,13,17H,5,7,9H2,1H3. The van der Waals surface area contributed by atoms with Gasteiger partial charge in [0.1, 0.15) is 5.76 Å². The molecule has 0 fully saturated rings. The van der Waals surface area contributed by atoms with Crippen LogP contribution in [0.2, 0.25) is 5.02 Å². The number of thioether (sulfide) groups is 1. The molecule has 0 saturated heterocycles. The number of benzene rings is 1. The van der Waals surface area contributed by atoms with Gasteiger partial charge in [0.25, 0.3) is 0 Å². The first kappa shape index (κ1) is 13.1. The average molecular weight is 294 g/mol. The van der Waals surface area contributed by atoms with Crippen LogP contribution in [0, 0.1) is 6.92 Å². The van der Waals surface area contributed by atoms with Gasteiger partial charge in [0.2, 0.25) is 0 Å². The van der Waals surface area contributed by atoms with Crippen LogP contribution in [0.15, 0.2) is 39.8 Å². The number of fused-ring (bicyclic) bond motifs is 1. The molecule has 100 valence electrons. The van der Waals surface area contributed by atoms with Gasteiger partial charge in [-0.15, -0.1) is 11.8 Å². The van der Waals surface area contributed by atoms with E-state index < -0.39 is 0 Å². The fourth-order valence-electron chi connectivity index (χ4n) is 2.38. The quantitative estimate of drug-likeness (QED) is 0.897. The molecule has 0 spiro atoms. The summed E-state index contributed by atoms with van der Waals surface area (Å²) in [6, 6.07) is 8.52. The Morgan fingerprint density at radius 2 is 2.32 bits per heavy atom. The topological polar surface area (TPSA) is 25.2 Å². The lowest BCUT2D eigenvalue weighted by Gasteiger charge is -2.26. The molecule has 1 atom stereocenters. The smallest absolute Gasteiger partial charge is 0.120 e. The van der Waals surface area contributed by atoms with Gasteiger partial charge in [-0.05, 0) is 54.5 Å². The van der Waals surface area contributed by atoms with Gasteiger partial charge in [-0.1, -0.05) is 11.6 Å². The lowest BCUT2D eigenvalue weighted by molar-refractivity contribution is 0.438. The van der Waals surface area contributed by atoms with E-state index in [-0.39, 0.29) is 0 Å². The molecular weight excluding hydrogens is 278 g/mol. The van der Waals surface area contributed by atoms with E-state index in [1.54, 1.807) is 6.26 Å². The minimum Gasteiger partial charge on any atom is -0.468 e. The molecular formula is C15H16ClNOS. The maximum atomic E-state index is 6.11. The van der Waals surface area contributed by atoms with Crippen LogP contribution in [0.3, 0.4) is 0 Å². The molecule has 0 saturated carbocycles. The van der Waals surface area contributed by atoms with Crippen LogP contribution in [0.5, 0.6) is 0 Å². The maximum Gasteiger partial charge on any atom is 0.120 e. The minimum absolute atomic E-state index is 0.361. The highest BCUT2D eigenvalue weighted by Crippen LogP contribution is 2.37. The first-order valence-electron chi connectivity index (χ1n) is 6.42. The van der Waals surface area contributed by atoms with Gasteiger partial charge >= 0.3 is 0 Å². The second-order valence-corrected chi connectivity index (χ2v) is 6.35. The van der Waals surface area contributed by atoms with Crippen molar-refractivity contribution in [3.05, 3.63) is 52.4 Å². The summed E-state index contributed by atoms with van der Waals surface area (Å²) in [6.07, 6.45) is 2.87. The first-order valence-corrected chi connectivity index (χ1v) is 7.79. The van der Waals surface area contributed by atoms with Crippen molar-refractivity contribution in [1.82, 2.24) is 5.32 Å². The highest BCUT2D eigenvalue weighted by molar-refractivity contribution is 7.99. The molecule has 2 aromatic rings. The predicted octanol–water partition coefficient (Wildman–Crippen LogP) is 4.57. The highest BCUT2D eigenvalue weighted by atomic mass is 35.5. The van der Waals surface area contributed by atoms with Crippen molar-refractivity contribution >= 4 is 23.4 Å². The molecule has 0 amide bonds. The highest BCUT2D eigenvalue weighted by Gasteiger charge is 2.21. The molecule has 0 bridgehead atoms. The van der Waals surface area contributed by atoms with Crippen molar-refractivity contribution in [2.45, 2.75) is 30.8 Å². The third-order valence-electron chi connectivity index (χ3n) is 3.49. The summed E-state index contributed by atoms with van der Waals surface area (Å²) in [4.78, 5) is 1.34. The molecule has 1 N–H and O–H groups in total. The van der Waals surface area contributed by atoms with E-state index in [1.807, 2.05) is 23.9 Å². The molecule has 4 heteroatoms. The summed E-state index contributed by atoms with van der Waals surface area (Å²) in [7, 11) is 0. The largest absolute Gasteiger partial charge is 0.468 e. The summed E-state index contributed by atoms with van der Waals surface area (Å²) in [5.41, 5.74) is 2.51.